The Morgan fingerprint density at radius 2 is 1.95 bits per heavy atom. The first-order valence-corrected chi connectivity index (χ1v) is 8.85. The van der Waals surface area contributed by atoms with E-state index in [1.54, 1.807) is 11.8 Å². The van der Waals surface area contributed by atoms with Gasteiger partial charge in [-0.1, -0.05) is 37.3 Å². The number of benzene rings is 1. The highest BCUT2D eigenvalue weighted by molar-refractivity contribution is 7.98. The van der Waals surface area contributed by atoms with Gasteiger partial charge < -0.3 is 16.4 Å². The van der Waals surface area contributed by atoms with Gasteiger partial charge in [-0.2, -0.15) is 11.8 Å². The molecular formula is C16H25N3O2S. The molecule has 2 atom stereocenters. The molecule has 0 saturated heterocycles. The van der Waals surface area contributed by atoms with E-state index >= 15 is 0 Å². The van der Waals surface area contributed by atoms with Crippen LogP contribution in [0.4, 0.5) is 4.79 Å². The molecular weight excluding hydrogens is 298 g/mol. The molecule has 4 N–H and O–H groups in total. The summed E-state index contributed by atoms with van der Waals surface area (Å²) >= 11 is 1.63. The maximum absolute atomic E-state index is 12.2. The molecule has 1 rings (SSSR count). The van der Waals surface area contributed by atoms with Crippen molar-refractivity contribution in [2.45, 2.75) is 31.7 Å². The van der Waals surface area contributed by atoms with Gasteiger partial charge in [0.2, 0.25) is 5.91 Å². The number of thioether (sulfide) groups is 1. The lowest BCUT2D eigenvalue weighted by atomic mass is 9.96. The van der Waals surface area contributed by atoms with Gasteiger partial charge in [-0.25, -0.2) is 4.79 Å². The molecule has 22 heavy (non-hydrogen) atoms. The number of primary amides is 1. The third kappa shape index (κ3) is 6.39. The molecule has 3 amide bonds. The molecule has 6 heteroatoms. The number of nitrogens with one attached hydrogen (secondary N) is 2. The van der Waals surface area contributed by atoms with Crippen molar-refractivity contribution in [3.05, 3.63) is 35.9 Å². The molecule has 5 nitrogen and oxygen atoms in total. The fourth-order valence-electron chi connectivity index (χ4n) is 2.25. The number of amides is 3. The first-order chi connectivity index (χ1) is 10.6. The van der Waals surface area contributed by atoms with E-state index in [0.29, 0.717) is 13.0 Å². The summed E-state index contributed by atoms with van der Waals surface area (Å²) < 4.78 is 0. The van der Waals surface area contributed by atoms with Crippen molar-refractivity contribution >= 4 is 23.7 Å². The molecule has 0 bridgehead atoms. The van der Waals surface area contributed by atoms with Crippen LogP contribution in [-0.2, 0) is 4.79 Å². The van der Waals surface area contributed by atoms with E-state index in [9.17, 15) is 9.59 Å². The second kappa shape index (κ2) is 10.1. The van der Waals surface area contributed by atoms with Crippen LogP contribution in [0.5, 0.6) is 0 Å². The van der Waals surface area contributed by atoms with Crippen LogP contribution in [0.25, 0.3) is 0 Å². The Morgan fingerprint density at radius 1 is 1.27 bits per heavy atom. The smallest absolute Gasteiger partial charge is 0.312 e. The van der Waals surface area contributed by atoms with E-state index in [4.69, 9.17) is 5.73 Å². The van der Waals surface area contributed by atoms with Crippen LogP contribution in [0, 0.1) is 0 Å². The summed E-state index contributed by atoms with van der Waals surface area (Å²) in [4.78, 5) is 23.3. The van der Waals surface area contributed by atoms with Crippen LogP contribution in [0.3, 0.4) is 0 Å². The Morgan fingerprint density at radius 3 is 2.50 bits per heavy atom. The van der Waals surface area contributed by atoms with Gasteiger partial charge in [-0.05, 0) is 30.4 Å². The Kier molecular flexibility index (Phi) is 8.43. The average molecular weight is 323 g/mol. The minimum Gasteiger partial charge on any atom is -0.354 e. The lowest BCUT2D eigenvalue weighted by Gasteiger charge is -2.20. The van der Waals surface area contributed by atoms with Gasteiger partial charge in [0.15, 0.2) is 0 Å². The number of urea groups is 1. The zero-order chi connectivity index (χ0) is 16.4. The minimum absolute atomic E-state index is 0.178. The number of carbonyl (C=O) groups excluding carboxylic acids is 2. The summed E-state index contributed by atoms with van der Waals surface area (Å²) in [6.07, 6.45) is 3.46. The van der Waals surface area contributed by atoms with Gasteiger partial charge in [0.1, 0.15) is 6.04 Å². The molecule has 0 saturated carbocycles. The zero-order valence-corrected chi connectivity index (χ0v) is 14.0. The summed E-state index contributed by atoms with van der Waals surface area (Å²) in [7, 11) is 0. The van der Waals surface area contributed by atoms with Gasteiger partial charge in [0.05, 0.1) is 0 Å². The number of nitrogens with two attached hydrogens (primary N) is 1. The first-order valence-electron chi connectivity index (χ1n) is 7.46. The molecule has 2 unspecified atom stereocenters. The SMILES string of the molecule is CCC(CNC(=O)C(CCSC)NC(N)=O)c1ccccc1. The summed E-state index contributed by atoms with van der Waals surface area (Å²) in [5, 5.41) is 5.44. The van der Waals surface area contributed by atoms with Crippen LogP contribution in [0.15, 0.2) is 30.3 Å². The molecule has 122 valence electrons. The number of carbonyl (C=O) groups is 2. The van der Waals surface area contributed by atoms with E-state index in [2.05, 4.69) is 29.7 Å². The quantitative estimate of drug-likeness (QED) is 0.650. The molecule has 1 aromatic carbocycles. The highest BCUT2D eigenvalue weighted by Gasteiger charge is 2.20. The lowest BCUT2D eigenvalue weighted by molar-refractivity contribution is -0.123. The average Bonchev–Trinajstić information content (AvgIpc) is 2.52. The molecule has 1 aromatic rings. The summed E-state index contributed by atoms with van der Waals surface area (Å²) in [6, 6.07) is 8.85. The van der Waals surface area contributed by atoms with Crippen LogP contribution in [-0.4, -0.2) is 36.5 Å². The van der Waals surface area contributed by atoms with E-state index < -0.39 is 12.1 Å². The molecule has 0 aliphatic heterocycles. The van der Waals surface area contributed by atoms with Crippen molar-refractivity contribution in [2.24, 2.45) is 5.73 Å². The monoisotopic (exact) mass is 323 g/mol. The molecule has 0 spiro atoms. The van der Waals surface area contributed by atoms with Gasteiger partial charge in [-0.3, -0.25) is 4.79 Å². The lowest BCUT2D eigenvalue weighted by Crippen LogP contribution is -2.49. The summed E-state index contributed by atoms with van der Waals surface area (Å²) in [5.41, 5.74) is 6.34. The van der Waals surface area contributed by atoms with Crippen molar-refractivity contribution in [1.82, 2.24) is 10.6 Å². The van der Waals surface area contributed by atoms with Gasteiger partial charge >= 0.3 is 6.03 Å². The number of hydrogen-bond donors (Lipinski definition) is 3. The fraction of sp³-hybridized carbons (Fsp3) is 0.500. The molecule has 0 aromatic heterocycles. The Labute approximate surface area is 136 Å². The molecule has 0 aliphatic rings. The predicted molar refractivity (Wildman–Crippen MR) is 92.0 cm³/mol. The topological polar surface area (TPSA) is 84.2 Å². The second-order valence-corrected chi connectivity index (χ2v) is 6.09. The van der Waals surface area contributed by atoms with Crippen LogP contribution in [0.2, 0.25) is 0 Å². The van der Waals surface area contributed by atoms with Crippen LogP contribution >= 0.6 is 11.8 Å². The Balaban J connectivity index is 2.58. The standard InChI is InChI=1S/C16H25N3O2S/c1-3-12(13-7-5-4-6-8-13)11-18-15(20)14(9-10-22-2)19-16(17)21/h4-8,12,14H,3,9-11H2,1-2H3,(H,18,20)(H3,17,19,21). The van der Waals surface area contributed by atoms with Crippen molar-refractivity contribution in [2.75, 3.05) is 18.6 Å². The maximum atomic E-state index is 12.2. The molecule has 0 heterocycles. The van der Waals surface area contributed by atoms with Crippen LogP contribution in [0.1, 0.15) is 31.2 Å². The first kappa shape index (κ1) is 18.4. The third-order valence-electron chi connectivity index (χ3n) is 3.53. The van der Waals surface area contributed by atoms with E-state index in [1.807, 2.05) is 24.5 Å². The Bertz CT molecular complexity index is 468. The van der Waals surface area contributed by atoms with Crippen molar-refractivity contribution < 1.29 is 9.59 Å². The van der Waals surface area contributed by atoms with E-state index in [-0.39, 0.29) is 11.8 Å². The van der Waals surface area contributed by atoms with Crippen molar-refractivity contribution in [3.63, 3.8) is 0 Å². The van der Waals surface area contributed by atoms with E-state index in [1.165, 1.54) is 5.56 Å². The van der Waals surface area contributed by atoms with Crippen molar-refractivity contribution in [1.29, 1.82) is 0 Å². The minimum atomic E-state index is -0.670. The summed E-state index contributed by atoms with van der Waals surface area (Å²) in [6.45, 7) is 2.65. The predicted octanol–water partition coefficient (Wildman–Crippen LogP) is 2.09. The second-order valence-electron chi connectivity index (χ2n) is 5.10. The molecule has 0 radical (unpaired) electrons. The molecule has 0 aliphatic carbocycles. The van der Waals surface area contributed by atoms with E-state index in [0.717, 1.165) is 12.2 Å². The number of rotatable bonds is 9. The maximum Gasteiger partial charge on any atom is 0.312 e. The largest absolute Gasteiger partial charge is 0.354 e. The number of hydrogen-bond acceptors (Lipinski definition) is 3. The fourth-order valence-corrected chi connectivity index (χ4v) is 2.72. The van der Waals surface area contributed by atoms with Gasteiger partial charge in [0, 0.05) is 12.5 Å². The van der Waals surface area contributed by atoms with Gasteiger partial charge in [0.25, 0.3) is 0 Å². The zero-order valence-electron chi connectivity index (χ0n) is 13.2. The molecule has 0 fully saturated rings. The highest BCUT2D eigenvalue weighted by Crippen LogP contribution is 2.18. The summed E-state index contributed by atoms with van der Waals surface area (Å²) in [5.74, 6) is 0.871. The van der Waals surface area contributed by atoms with Crippen LogP contribution < -0.4 is 16.4 Å². The van der Waals surface area contributed by atoms with Gasteiger partial charge in [-0.15, -0.1) is 0 Å². The Hall–Kier alpha value is -1.69. The third-order valence-corrected chi connectivity index (χ3v) is 4.17. The highest BCUT2D eigenvalue weighted by atomic mass is 32.2. The van der Waals surface area contributed by atoms with Crippen molar-refractivity contribution in [3.8, 4) is 0 Å². The normalized spacial score (nSPS) is 13.2.